The number of imidazole rings is 1. The van der Waals surface area contributed by atoms with Crippen LogP contribution in [0.5, 0.6) is 0 Å². The molecule has 1 aliphatic rings. The minimum atomic E-state index is 0.562. The SMILES string of the molecule is c1coc(-c2ncc(-c3nccn3C3CCCC3)cn2)c1. The molecule has 0 radical (unpaired) electrons. The van der Waals surface area contributed by atoms with Crippen LogP contribution in [-0.2, 0) is 0 Å². The van der Waals surface area contributed by atoms with Gasteiger partial charge in [-0.3, -0.25) is 0 Å². The maximum Gasteiger partial charge on any atom is 0.195 e. The molecule has 4 rings (SSSR count). The molecule has 5 nitrogen and oxygen atoms in total. The van der Waals surface area contributed by atoms with Gasteiger partial charge in [0.15, 0.2) is 11.6 Å². The van der Waals surface area contributed by atoms with E-state index in [-0.39, 0.29) is 0 Å². The van der Waals surface area contributed by atoms with E-state index in [4.69, 9.17) is 4.42 Å². The zero-order valence-corrected chi connectivity index (χ0v) is 11.6. The zero-order chi connectivity index (χ0) is 14.1. The smallest absolute Gasteiger partial charge is 0.195 e. The van der Waals surface area contributed by atoms with Crippen LogP contribution in [0.4, 0.5) is 0 Å². The van der Waals surface area contributed by atoms with Gasteiger partial charge in [-0.25, -0.2) is 15.0 Å². The average Bonchev–Trinajstić information content (AvgIpc) is 3.27. The molecule has 3 heterocycles. The summed E-state index contributed by atoms with van der Waals surface area (Å²) in [6.45, 7) is 0. The predicted molar refractivity (Wildman–Crippen MR) is 78.5 cm³/mol. The van der Waals surface area contributed by atoms with E-state index >= 15 is 0 Å². The molecule has 21 heavy (non-hydrogen) atoms. The van der Waals surface area contributed by atoms with Crippen molar-refractivity contribution in [3.05, 3.63) is 43.2 Å². The molecule has 1 fully saturated rings. The summed E-state index contributed by atoms with van der Waals surface area (Å²) >= 11 is 0. The monoisotopic (exact) mass is 280 g/mol. The van der Waals surface area contributed by atoms with Crippen LogP contribution in [0.3, 0.4) is 0 Å². The lowest BCUT2D eigenvalue weighted by atomic mass is 10.2. The number of hydrogen-bond acceptors (Lipinski definition) is 4. The Kier molecular flexibility index (Phi) is 3.03. The molecule has 0 atom stereocenters. The van der Waals surface area contributed by atoms with Gasteiger partial charge >= 0.3 is 0 Å². The summed E-state index contributed by atoms with van der Waals surface area (Å²) in [6, 6.07) is 4.25. The second-order valence-electron chi connectivity index (χ2n) is 5.37. The molecule has 0 spiro atoms. The molecule has 3 aromatic heterocycles. The zero-order valence-electron chi connectivity index (χ0n) is 11.6. The van der Waals surface area contributed by atoms with E-state index < -0.39 is 0 Å². The third-order valence-corrected chi connectivity index (χ3v) is 4.04. The Morgan fingerprint density at radius 1 is 1.10 bits per heavy atom. The second kappa shape index (κ2) is 5.16. The molecule has 0 aliphatic heterocycles. The van der Waals surface area contributed by atoms with E-state index in [1.807, 2.05) is 30.7 Å². The van der Waals surface area contributed by atoms with Crippen LogP contribution < -0.4 is 0 Å². The van der Waals surface area contributed by atoms with Crippen molar-refractivity contribution >= 4 is 0 Å². The molecule has 106 valence electrons. The molecule has 0 unspecified atom stereocenters. The maximum atomic E-state index is 5.31. The molecule has 1 saturated carbocycles. The van der Waals surface area contributed by atoms with Gasteiger partial charge in [-0.2, -0.15) is 0 Å². The second-order valence-corrected chi connectivity index (χ2v) is 5.37. The Bertz CT molecular complexity index is 709. The fourth-order valence-corrected chi connectivity index (χ4v) is 2.99. The first-order chi connectivity index (χ1) is 10.4. The third-order valence-electron chi connectivity index (χ3n) is 4.04. The lowest BCUT2D eigenvalue weighted by molar-refractivity contribution is 0.523. The van der Waals surface area contributed by atoms with Gasteiger partial charge in [0.05, 0.1) is 11.8 Å². The minimum absolute atomic E-state index is 0.562. The molecule has 0 aromatic carbocycles. The molecule has 0 saturated heterocycles. The largest absolute Gasteiger partial charge is 0.461 e. The Morgan fingerprint density at radius 2 is 1.90 bits per heavy atom. The Hall–Kier alpha value is -2.43. The van der Waals surface area contributed by atoms with Crippen molar-refractivity contribution in [1.29, 1.82) is 0 Å². The van der Waals surface area contributed by atoms with Gasteiger partial charge in [0.2, 0.25) is 0 Å². The van der Waals surface area contributed by atoms with Crippen molar-refractivity contribution < 1.29 is 4.42 Å². The highest BCUT2D eigenvalue weighted by Gasteiger charge is 2.20. The molecule has 0 N–H and O–H groups in total. The van der Waals surface area contributed by atoms with Gasteiger partial charge < -0.3 is 8.98 Å². The topological polar surface area (TPSA) is 56.7 Å². The lowest BCUT2D eigenvalue weighted by Gasteiger charge is -2.14. The van der Waals surface area contributed by atoms with Gasteiger partial charge in [-0.1, -0.05) is 12.8 Å². The maximum absolute atomic E-state index is 5.31. The van der Waals surface area contributed by atoms with Crippen LogP contribution in [-0.4, -0.2) is 19.5 Å². The van der Waals surface area contributed by atoms with Gasteiger partial charge in [0.25, 0.3) is 0 Å². The lowest BCUT2D eigenvalue weighted by Crippen LogP contribution is -2.05. The van der Waals surface area contributed by atoms with Crippen molar-refractivity contribution in [1.82, 2.24) is 19.5 Å². The number of nitrogens with zero attached hydrogens (tertiary/aromatic N) is 4. The summed E-state index contributed by atoms with van der Waals surface area (Å²) in [7, 11) is 0. The van der Waals surface area contributed by atoms with Crippen molar-refractivity contribution in [2.45, 2.75) is 31.7 Å². The molecule has 0 amide bonds. The van der Waals surface area contributed by atoms with Crippen LogP contribution in [0.1, 0.15) is 31.7 Å². The van der Waals surface area contributed by atoms with Crippen LogP contribution >= 0.6 is 0 Å². The van der Waals surface area contributed by atoms with Crippen molar-refractivity contribution in [3.63, 3.8) is 0 Å². The standard InChI is InChI=1S/C16H16N4O/c1-2-5-13(4-1)20-8-7-17-16(20)12-10-18-15(19-11-12)14-6-3-9-21-14/h3,6-11,13H,1-2,4-5H2. The summed E-state index contributed by atoms with van der Waals surface area (Å²) in [4.78, 5) is 13.3. The molecule has 0 bridgehead atoms. The van der Waals surface area contributed by atoms with E-state index in [0.717, 1.165) is 11.4 Å². The molecule has 5 heteroatoms. The summed E-state index contributed by atoms with van der Waals surface area (Å²) in [6.07, 6.45) is 14.2. The van der Waals surface area contributed by atoms with Crippen molar-refractivity contribution in [2.75, 3.05) is 0 Å². The molecular weight excluding hydrogens is 264 g/mol. The van der Waals surface area contributed by atoms with Crippen LogP contribution in [0.2, 0.25) is 0 Å². The van der Waals surface area contributed by atoms with Crippen LogP contribution in [0.25, 0.3) is 23.0 Å². The summed E-state index contributed by atoms with van der Waals surface area (Å²) in [5, 5.41) is 0. The van der Waals surface area contributed by atoms with E-state index in [0.29, 0.717) is 17.6 Å². The van der Waals surface area contributed by atoms with Crippen molar-refractivity contribution in [2.24, 2.45) is 0 Å². The fraction of sp³-hybridized carbons (Fsp3) is 0.312. The summed E-state index contributed by atoms with van der Waals surface area (Å²) in [5.41, 5.74) is 0.946. The van der Waals surface area contributed by atoms with E-state index in [1.165, 1.54) is 25.7 Å². The Morgan fingerprint density at radius 3 is 2.62 bits per heavy atom. The minimum Gasteiger partial charge on any atom is -0.461 e. The quantitative estimate of drug-likeness (QED) is 0.733. The van der Waals surface area contributed by atoms with Gasteiger partial charge in [-0.15, -0.1) is 0 Å². The Balaban J connectivity index is 1.66. The van der Waals surface area contributed by atoms with Crippen LogP contribution in [0.15, 0.2) is 47.6 Å². The highest BCUT2D eigenvalue weighted by molar-refractivity contribution is 5.55. The molecule has 1 aliphatic carbocycles. The normalized spacial score (nSPS) is 15.6. The first-order valence-corrected chi connectivity index (χ1v) is 7.31. The summed E-state index contributed by atoms with van der Waals surface area (Å²) < 4.78 is 7.57. The molecule has 3 aromatic rings. The van der Waals surface area contributed by atoms with Crippen molar-refractivity contribution in [3.8, 4) is 23.0 Å². The van der Waals surface area contributed by atoms with Crippen LogP contribution in [0, 0.1) is 0 Å². The van der Waals surface area contributed by atoms with Gasteiger partial charge in [0.1, 0.15) is 5.82 Å². The number of aromatic nitrogens is 4. The fourth-order valence-electron chi connectivity index (χ4n) is 2.99. The first-order valence-electron chi connectivity index (χ1n) is 7.31. The van der Waals surface area contributed by atoms with Gasteiger partial charge in [0, 0.05) is 30.8 Å². The average molecular weight is 280 g/mol. The third kappa shape index (κ3) is 2.24. The molecular formula is C16H16N4O. The summed E-state index contributed by atoms with van der Waals surface area (Å²) in [5.74, 6) is 2.23. The predicted octanol–water partition coefficient (Wildman–Crippen LogP) is 3.72. The van der Waals surface area contributed by atoms with E-state index in [9.17, 15) is 0 Å². The number of hydrogen-bond donors (Lipinski definition) is 0. The number of furan rings is 1. The highest BCUT2D eigenvalue weighted by Crippen LogP contribution is 2.32. The van der Waals surface area contributed by atoms with Gasteiger partial charge in [-0.05, 0) is 25.0 Å². The highest BCUT2D eigenvalue weighted by atomic mass is 16.3. The van der Waals surface area contributed by atoms with E-state index in [1.54, 1.807) is 6.26 Å². The Labute approximate surface area is 122 Å². The first kappa shape index (κ1) is 12.3. The van der Waals surface area contributed by atoms with E-state index in [2.05, 4.69) is 25.7 Å². The number of rotatable bonds is 3.